The molecule has 4 nitrogen and oxygen atoms in total. The Labute approximate surface area is 109 Å². The van der Waals surface area contributed by atoms with Gasteiger partial charge in [0, 0.05) is 5.54 Å². The molecular formula is C11H14ClNO3S. The van der Waals surface area contributed by atoms with E-state index in [0.29, 0.717) is 15.6 Å². The quantitative estimate of drug-likeness (QED) is 0.868. The average molecular weight is 276 g/mol. The molecule has 6 heteroatoms. The first-order valence-electron chi connectivity index (χ1n) is 5.16. The van der Waals surface area contributed by atoms with Crippen molar-refractivity contribution in [2.24, 2.45) is 0 Å². The monoisotopic (exact) mass is 275 g/mol. The molecule has 0 aliphatic heterocycles. The molecule has 1 heterocycles. The van der Waals surface area contributed by atoms with Gasteiger partial charge < -0.3 is 10.4 Å². The van der Waals surface area contributed by atoms with E-state index in [2.05, 4.69) is 5.32 Å². The van der Waals surface area contributed by atoms with Crippen LogP contribution in [0.4, 0.5) is 0 Å². The molecule has 1 aromatic rings. The van der Waals surface area contributed by atoms with Gasteiger partial charge in [0.2, 0.25) is 0 Å². The summed E-state index contributed by atoms with van der Waals surface area (Å²) in [6.07, 6.45) is 0.443. The third kappa shape index (κ3) is 4.02. The fourth-order valence-corrected chi connectivity index (χ4v) is 2.30. The smallest absolute Gasteiger partial charge is 0.305 e. The van der Waals surface area contributed by atoms with Crippen molar-refractivity contribution in [1.82, 2.24) is 5.32 Å². The van der Waals surface area contributed by atoms with Crippen molar-refractivity contribution in [1.29, 1.82) is 0 Å². The second-order valence-electron chi connectivity index (χ2n) is 4.04. The summed E-state index contributed by atoms with van der Waals surface area (Å²) < 4.78 is 0.534. The number of hydrogen-bond donors (Lipinski definition) is 2. The molecule has 1 rings (SSSR count). The molecule has 0 fully saturated rings. The number of amides is 1. The molecule has 0 saturated carbocycles. The molecule has 0 saturated heterocycles. The highest BCUT2D eigenvalue weighted by molar-refractivity contribution is 7.18. The van der Waals surface area contributed by atoms with Gasteiger partial charge in [-0.1, -0.05) is 18.5 Å². The van der Waals surface area contributed by atoms with Crippen LogP contribution in [0.15, 0.2) is 12.1 Å². The highest BCUT2D eigenvalue weighted by Crippen LogP contribution is 2.23. The molecule has 17 heavy (non-hydrogen) atoms. The number of carboxylic acids is 1. The molecule has 1 amide bonds. The molecular weight excluding hydrogens is 262 g/mol. The van der Waals surface area contributed by atoms with Crippen LogP contribution >= 0.6 is 22.9 Å². The summed E-state index contributed by atoms with van der Waals surface area (Å²) in [7, 11) is 0. The Morgan fingerprint density at radius 3 is 2.59 bits per heavy atom. The van der Waals surface area contributed by atoms with Crippen molar-refractivity contribution in [3.8, 4) is 0 Å². The maximum absolute atomic E-state index is 11.9. The highest BCUT2D eigenvalue weighted by Gasteiger charge is 2.28. The Morgan fingerprint density at radius 1 is 1.53 bits per heavy atom. The number of thiophene rings is 1. The van der Waals surface area contributed by atoms with Crippen LogP contribution in [0.5, 0.6) is 0 Å². The number of halogens is 1. The third-order valence-electron chi connectivity index (χ3n) is 2.53. The van der Waals surface area contributed by atoms with Crippen LogP contribution in [0.1, 0.15) is 36.4 Å². The van der Waals surface area contributed by atoms with E-state index in [9.17, 15) is 9.59 Å². The maximum atomic E-state index is 11.9. The van der Waals surface area contributed by atoms with Gasteiger partial charge >= 0.3 is 5.97 Å². The largest absolute Gasteiger partial charge is 0.481 e. The number of carbonyl (C=O) groups is 2. The second kappa shape index (κ2) is 5.51. The van der Waals surface area contributed by atoms with Gasteiger partial charge in [-0.05, 0) is 25.5 Å². The normalized spacial score (nSPS) is 14.1. The predicted molar refractivity (Wildman–Crippen MR) is 67.7 cm³/mol. The topological polar surface area (TPSA) is 66.4 Å². The maximum Gasteiger partial charge on any atom is 0.305 e. The van der Waals surface area contributed by atoms with Gasteiger partial charge in [-0.25, -0.2) is 0 Å². The van der Waals surface area contributed by atoms with E-state index in [-0.39, 0.29) is 12.3 Å². The van der Waals surface area contributed by atoms with Crippen molar-refractivity contribution in [3.05, 3.63) is 21.3 Å². The van der Waals surface area contributed by atoms with E-state index >= 15 is 0 Å². The van der Waals surface area contributed by atoms with E-state index in [1.165, 1.54) is 11.3 Å². The van der Waals surface area contributed by atoms with Crippen LogP contribution in [0.2, 0.25) is 4.34 Å². The lowest BCUT2D eigenvalue weighted by Gasteiger charge is -2.27. The zero-order valence-corrected chi connectivity index (χ0v) is 11.2. The lowest BCUT2D eigenvalue weighted by atomic mass is 9.94. The summed E-state index contributed by atoms with van der Waals surface area (Å²) >= 11 is 6.91. The standard InChI is InChI=1S/C11H14ClNO3S/c1-3-11(2,6-9(14)15)13-10(16)7-4-5-8(12)17-7/h4-5H,3,6H2,1-2H3,(H,13,16)(H,14,15). The minimum absolute atomic E-state index is 0.103. The molecule has 1 aromatic heterocycles. The van der Waals surface area contributed by atoms with Crippen LogP contribution in [0.3, 0.4) is 0 Å². The molecule has 0 radical (unpaired) electrons. The van der Waals surface area contributed by atoms with E-state index < -0.39 is 11.5 Å². The molecule has 1 unspecified atom stereocenters. The first kappa shape index (κ1) is 14.0. The minimum Gasteiger partial charge on any atom is -0.481 e. The van der Waals surface area contributed by atoms with Gasteiger partial charge in [-0.2, -0.15) is 0 Å². The van der Waals surface area contributed by atoms with Gasteiger partial charge in [-0.3, -0.25) is 9.59 Å². The average Bonchev–Trinajstić information content (AvgIpc) is 2.63. The predicted octanol–water partition coefficient (Wildman–Crippen LogP) is 2.77. The van der Waals surface area contributed by atoms with Crippen LogP contribution in [-0.4, -0.2) is 22.5 Å². The summed E-state index contributed by atoms with van der Waals surface area (Å²) in [6, 6.07) is 3.26. The van der Waals surface area contributed by atoms with Crippen molar-refractivity contribution in [3.63, 3.8) is 0 Å². The van der Waals surface area contributed by atoms with Crippen LogP contribution in [0, 0.1) is 0 Å². The second-order valence-corrected chi connectivity index (χ2v) is 5.76. The Hall–Kier alpha value is -1.07. The van der Waals surface area contributed by atoms with E-state index in [4.69, 9.17) is 16.7 Å². The van der Waals surface area contributed by atoms with Crippen LogP contribution in [0.25, 0.3) is 0 Å². The lowest BCUT2D eigenvalue weighted by Crippen LogP contribution is -2.46. The number of aliphatic carboxylic acids is 1. The highest BCUT2D eigenvalue weighted by atomic mass is 35.5. The van der Waals surface area contributed by atoms with E-state index in [1.54, 1.807) is 19.1 Å². The van der Waals surface area contributed by atoms with Gasteiger partial charge in [-0.15, -0.1) is 11.3 Å². The molecule has 1 atom stereocenters. The van der Waals surface area contributed by atoms with Crippen LogP contribution in [-0.2, 0) is 4.79 Å². The Balaban J connectivity index is 2.74. The Kier molecular flexibility index (Phi) is 4.54. The molecule has 0 aliphatic carbocycles. The summed E-state index contributed by atoms with van der Waals surface area (Å²) in [6.45, 7) is 3.55. The van der Waals surface area contributed by atoms with Crippen LogP contribution < -0.4 is 5.32 Å². The first-order valence-corrected chi connectivity index (χ1v) is 6.35. The molecule has 94 valence electrons. The van der Waals surface area contributed by atoms with Crippen molar-refractivity contribution >= 4 is 34.8 Å². The molecule has 0 aromatic carbocycles. The summed E-state index contributed by atoms with van der Waals surface area (Å²) in [5.41, 5.74) is -0.737. The van der Waals surface area contributed by atoms with Gasteiger partial charge in [0.15, 0.2) is 0 Å². The van der Waals surface area contributed by atoms with Crippen molar-refractivity contribution in [2.75, 3.05) is 0 Å². The van der Waals surface area contributed by atoms with Crippen molar-refractivity contribution < 1.29 is 14.7 Å². The summed E-state index contributed by atoms with van der Waals surface area (Å²) in [4.78, 5) is 23.1. The third-order valence-corrected chi connectivity index (χ3v) is 3.76. The van der Waals surface area contributed by atoms with Gasteiger partial charge in [0.05, 0.1) is 15.6 Å². The summed E-state index contributed by atoms with van der Waals surface area (Å²) in [5, 5.41) is 11.5. The number of nitrogens with one attached hydrogen (secondary N) is 1. The fourth-order valence-electron chi connectivity index (χ4n) is 1.36. The van der Waals surface area contributed by atoms with E-state index in [1.807, 2.05) is 6.92 Å². The van der Waals surface area contributed by atoms with Gasteiger partial charge in [0.25, 0.3) is 5.91 Å². The van der Waals surface area contributed by atoms with Crippen molar-refractivity contribution in [2.45, 2.75) is 32.2 Å². The number of carbonyl (C=O) groups excluding carboxylic acids is 1. The molecule has 2 N–H and O–H groups in total. The fraction of sp³-hybridized carbons (Fsp3) is 0.455. The number of carboxylic acid groups (broad SMARTS) is 1. The Bertz CT molecular complexity index is 432. The Morgan fingerprint density at radius 2 is 2.18 bits per heavy atom. The van der Waals surface area contributed by atoms with Gasteiger partial charge in [0.1, 0.15) is 0 Å². The number of hydrogen-bond acceptors (Lipinski definition) is 3. The SMILES string of the molecule is CCC(C)(CC(=O)O)NC(=O)c1ccc(Cl)s1. The first-order chi connectivity index (χ1) is 7.86. The number of rotatable bonds is 5. The molecule has 0 spiro atoms. The molecule has 0 aliphatic rings. The minimum atomic E-state index is -0.932. The lowest BCUT2D eigenvalue weighted by molar-refractivity contribution is -0.138. The zero-order valence-electron chi connectivity index (χ0n) is 9.62. The molecule has 0 bridgehead atoms. The van der Waals surface area contributed by atoms with E-state index in [0.717, 1.165) is 0 Å². The summed E-state index contributed by atoms with van der Waals surface area (Å²) in [5.74, 6) is -1.22. The zero-order chi connectivity index (χ0) is 13.1.